The Balaban J connectivity index is 2.75. The number of rotatable bonds is 6. The normalized spacial score (nSPS) is 9.65. The Morgan fingerprint density at radius 3 is 2.47 bits per heavy atom. The van der Waals surface area contributed by atoms with E-state index in [1.165, 1.54) is 0 Å². The third-order valence-corrected chi connectivity index (χ3v) is 1.40. The van der Waals surface area contributed by atoms with Gasteiger partial charge in [-0.15, -0.1) is 0 Å². The molecule has 0 amide bonds. The summed E-state index contributed by atoms with van der Waals surface area (Å²) >= 11 is 0. The van der Waals surface area contributed by atoms with Crippen molar-refractivity contribution in [3.05, 3.63) is 22.5 Å². The Morgan fingerprint density at radius 1 is 1.24 bits per heavy atom. The topological polar surface area (TPSA) is 128 Å². The van der Waals surface area contributed by atoms with Gasteiger partial charge < -0.3 is 19.8 Å². The fraction of sp³-hybridized carbons (Fsp3) is 0.250. The Morgan fingerprint density at radius 2 is 1.88 bits per heavy atom. The van der Waals surface area contributed by atoms with Crippen molar-refractivity contribution in [1.82, 2.24) is 9.94 Å². The first-order chi connectivity index (χ1) is 7.99. The quantitative estimate of drug-likeness (QED) is 0.601. The molecule has 0 bridgehead atoms. The molecule has 0 aliphatic heterocycles. The maximum Gasteiger partial charge on any atom is 0.344 e. The highest BCUT2D eigenvalue weighted by Crippen LogP contribution is 2.00. The van der Waals surface area contributed by atoms with Crippen LogP contribution in [0.2, 0.25) is 0 Å². The zero-order valence-electron chi connectivity index (χ0n) is 8.40. The molecule has 0 fully saturated rings. The van der Waals surface area contributed by atoms with E-state index in [9.17, 15) is 14.4 Å². The largest absolute Gasteiger partial charge is 0.479 e. The molecule has 2 N–H and O–H groups in total. The molecule has 0 unspecified atom stereocenters. The van der Waals surface area contributed by atoms with Crippen LogP contribution in [0.5, 0.6) is 5.88 Å². The standard InChI is InChI=1S/C8H8N2O7/c11-6-2-1-5(16-3-7(12)13)9-10(6)17-4-8(14)15/h1-2H,3-4H2,(H,12,13)(H,14,15). The minimum Gasteiger partial charge on any atom is -0.479 e. The van der Waals surface area contributed by atoms with E-state index in [4.69, 9.17) is 10.2 Å². The van der Waals surface area contributed by atoms with Crippen molar-refractivity contribution in [1.29, 1.82) is 0 Å². The van der Waals surface area contributed by atoms with Gasteiger partial charge in [-0.1, -0.05) is 9.94 Å². The third kappa shape index (κ3) is 4.20. The summed E-state index contributed by atoms with van der Waals surface area (Å²) < 4.78 is 4.67. The number of carboxylic acid groups (broad SMARTS) is 2. The lowest BCUT2D eigenvalue weighted by Gasteiger charge is -2.06. The molecule has 0 aliphatic carbocycles. The Labute approximate surface area is 93.8 Å². The first-order valence-electron chi connectivity index (χ1n) is 4.29. The SMILES string of the molecule is O=C(O)COc1ccc(=O)n(OCC(=O)O)n1. The van der Waals surface area contributed by atoms with Crippen LogP contribution in [0.4, 0.5) is 0 Å². The van der Waals surface area contributed by atoms with Crippen LogP contribution in [0.25, 0.3) is 0 Å². The van der Waals surface area contributed by atoms with Crippen LogP contribution < -0.4 is 15.1 Å². The molecule has 0 atom stereocenters. The maximum atomic E-state index is 11.1. The molecule has 1 heterocycles. The van der Waals surface area contributed by atoms with E-state index in [1.807, 2.05) is 0 Å². The third-order valence-electron chi connectivity index (χ3n) is 1.40. The van der Waals surface area contributed by atoms with Gasteiger partial charge in [0, 0.05) is 12.1 Å². The minimum absolute atomic E-state index is 0.169. The van der Waals surface area contributed by atoms with Crippen LogP contribution in [-0.2, 0) is 9.59 Å². The number of carboxylic acids is 2. The maximum absolute atomic E-state index is 11.1. The second kappa shape index (κ2) is 5.49. The molecule has 0 saturated carbocycles. The molecule has 0 saturated heterocycles. The number of hydrogen-bond donors (Lipinski definition) is 2. The van der Waals surface area contributed by atoms with E-state index in [2.05, 4.69) is 14.7 Å². The van der Waals surface area contributed by atoms with Crippen LogP contribution in [0.1, 0.15) is 0 Å². The van der Waals surface area contributed by atoms with Gasteiger partial charge >= 0.3 is 17.5 Å². The van der Waals surface area contributed by atoms with Gasteiger partial charge in [-0.3, -0.25) is 4.79 Å². The molecule has 1 aromatic rings. The van der Waals surface area contributed by atoms with Crippen LogP contribution in [0.3, 0.4) is 0 Å². The molecular formula is C8H8N2O7. The average molecular weight is 244 g/mol. The first-order valence-corrected chi connectivity index (χ1v) is 4.29. The highest BCUT2D eigenvalue weighted by atomic mass is 16.7. The highest BCUT2D eigenvalue weighted by molar-refractivity contribution is 5.68. The van der Waals surface area contributed by atoms with Crippen molar-refractivity contribution in [2.45, 2.75) is 0 Å². The lowest BCUT2D eigenvalue weighted by molar-refractivity contribution is -0.143. The van der Waals surface area contributed by atoms with Gasteiger partial charge in [0.25, 0.3) is 0 Å². The van der Waals surface area contributed by atoms with Crippen molar-refractivity contribution in [2.24, 2.45) is 0 Å². The van der Waals surface area contributed by atoms with Gasteiger partial charge in [0.2, 0.25) is 12.5 Å². The molecule has 1 rings (SSSR count). The molecule has 9 heteroatoms. The second-order valence-electron chi connectivity index (χ2n) is 2.73. The van der Waals surface area contributed by atoms with Crippen molar-refractivity contribution in [2.75, 3.05) is 13.2 Å². The van der Waals surface area contributed by atoms with E-state index < -0.39 is 30.7 Å². The van der Waals surface area contributed by atoms with Gasteiger partial charge in [0.1, 0.15) is 0 Å². The molecule has 92 valence electrons. The number of carbonyl (C=O) groups is 2. The Hall–Kier alpha value is -2.58. The van der Waals surface area contributed by atoms with Crippen molar-refractivity contribution < 1.29 is 29.4 Å². The van der Waals surface area contributed by atoms with Crippen molar-refractivity contribution in [3.8, 4) is 5.88 Å². The number of hydrogen-bond acceptors (Lipinski definition) is 6. The fourth-order valence-corrected chi connectivity index (χ4v) is 0.800. The summed E-state index contributed by atoms with van der Waals surface area (Å²) in [6.45, 7) is -1.39. The molecule has 9 nitrogen and oxygen atoms in total. The lowest BCUT2D eigenvalue weighted by Crippen LogP contribution is -2.32. The smallest absolute Gasteiger partial charge is 0.344 e. The summed E-state index contributed by atoms with van der Waals surface area (Å²) in [5, 5.41) is 20.1. The van der Waals surface area contributed by atoms with Crippen LogP contribution >= 0.6 is 0 Å². The number of aliphatic carboxylic acids is 2. The van der Waals surface area contributed by atoms with Crippen molar-refractivity contribution >= 4 is 11.9 Å². The van der Waals surface area contributed by atoms with Gasteiger partial charge in [-0.2, -0.15) is 0 Å². The van der Waals surface area contributed by atoms with Gasteiger partial charge in [0.15, 0.2) is 6.61 Å². The molecule has 0 aromatic carbocycles. The predicted octanol–water partition coefficient (Wildman–Crippen LogP) is -1.78. The molecule has 0 aliphatic rings. The molecular weight excluding hydrogens is 236 g/mol. The van der Waals surface area contributed by atoms with E-state index in [1.54, 1.807) is 0 Å². The monoisotopic (exact) mass is 244 g/mol. The van der Waals surface area contributed by atoms with Gasteiger partial charge in [0.05, 0.1) is 0 Å². The molecule has 0 spiro atoms. The zero-order chi connectivity index (χ0) is 12.8. The van der Waals surface area contributed by atoms with Crippen molar-refractivity contribution in [3.63, 3.8) is 0 Å². The molecule has 0 radical (unpaired) electrons. The molecule has 17 heavy (non-hydrogen) atoms. The van der Waals surface area contributed by atoms with Crippen LogP contribution in [-0.4, -0.2) is 45.3 Å². The summed E-state index contributed by atoms with van der Waals surface area (Å²) in [4.78, 5) is 36.5. The predicted molar refractivity (Wildman–Crippen MR) is 50.7 cm³/mol. The van der Waals surface area contributed by atoms with E-state index >= 15 is 0 Å². The average Bonchev–Trinajstić information content (AvgIpc) is 2.26. The fourth-order valence-electron chi connectivity index (χ4n) is 0.800. The zero-order valence-corrected chi connectivity index (χ0v) is 8.40. The number of ether oxygens (including phenoxy) is 1. The Bertz CT molecular complexity index is 481. The highest BCUT2D eigenvalue weighted by Gasteiger charge is 2.06. The van der Waals surface area contributed by atoms with Gasteiger partial charge in [-0.05, 0) is 0 Å². The summed E-state index contributed by atoms with van der Waals surface area (Å²) in [5.74, 6) is -2.66. The second-order valence-corrected chi connectivity index (χ2v) is 2.73. The van der Waals surface area contributed by atoms with E-state index in [-0.39, 0.29) is 5.88 Å². The molecule has 1 aromatic heterocycles. The number of nitrogens with zero attached hydrogens (tertiary/aromatic N) is 2. The summed E-state index contributed by atoms with van der Waals surface area (Å²) in [6, 6.07) is 2.15. The summed E-state index contributed by atoms with van der Waals surface area (Å²) in [7, 11) is 0. The number of aromatic nitrogens is 2. The first kappa shape index (κ1) is 12.5. The lowest BCUT2D eigenvalue weighted by atomic mass is 10.5. The van der Waals surface area contributed by atoms with E-state index in [0.717, 1.165) is 12.1 Å². The summed E-state index contributed by atoms with van der Waals surface area (Å²) in [5.41, 5.74) is -0.700. The van der Waals surface area contributed by atoms with Crippen LogP contribution in [0, 0.1) is 0 Å². The summed E-state index contributed by atoms with van der Waals surface area (Å²) in [6.07, 6.45) is 0. The minimum atomic E-state index is -1.28. The van der Waals surface area contributed by atoms with Crippen LogP contribution in [0.15, 0.2) is 16.9 Å². The Kier molecular flexibility index (Phi) is 4.03. The van der Waals surface area contributed by atoms with E-state index in [0.29, 0.717) is 4.85 Å². The van der Waals surface area contributed by atoms with Gasteiger partial charge in [-0.25, -0.2) is 9.59 Å².